The molecule has 0 heterocycles. The lowest BCUT2D eigenvalue weighted by Gasteiger charge is -2.38. The molecule has 1 N–H and O–H groups in total. The smallest absolute Gasteiger partial charge is 0.0779 e. The minimum Gasteiger partial charge on any atom is -0.388 e. The first kappa shape index (κ1) is 16.5. The van der Waals surface area contributed by atoms with E-state index in [1.807, 2.05) is 0 Å². The molecule has 2 aliphatic carbocycles. The predicted molar refractivity (Wildman–Crippen MR) is 91.1 cm³/mol. The molecule has 0 aromatic heterocycles. The zero-order valence-electron chi connectivity index (χ0n) is 14.3. The first-order valence-corrected chi connectivity index (χ1v) is 8.51. The molecule has 21 heavy (non-hydrogen) atoms. The topological polar surface area (TPSA) is 20.2 Å². The van der Waals surface area contributed by atoms with Crippen molar-refractivity contribution in [3.05, 3.63) is 35.5 Å². The van der Waals surface area contributed by atoms with Crippen LogP contribution in [0.1, 0.15) is 66.2 Å². The van der Waals surface area contributed by atoms with E-state index in [1.165, 1.54) is 29.6 Å². The molecule has 0 bridgehead atoms. The van der Waals surface area contributed by atoms with Crippen LogP contribution in [0.4, 0.5) is 0 Å². The number of allylic oxidation sites excluding steroid dienone is 4. The molecule has 2 rings (SSSR count). The largest absolute Gasteiger partial charge is 0.388 e. The lowest BCUT2D eigenvalue weighted by molar-refractivity contribution is 0.0329. The lowest BCUT2D eigenvalue weighted by Crippen LogP contribution is -2.36. The monoisotopic (exact) mass is 288 g/mol. The maximum atomic E-state index is 10.9. The molecule has 0 spiro atoms. The summed E-state index contributed by atoms with van der Waals surface area (Å²) < 4.78 is 0. The molecule has 0 saturated heterocycles. The van der Waals surface area contributed by atoms with Gasteiger partial charge in [0.05, 0.1) is 6.10 Å². The number of rotatable bonds is 1. The summed E-state index contributed by atoms with van der Waals surface area (Å²) in [7, 11) is 0. The molecule has 2 aliphatic rings. The van der Waals surface area contributed by atoms with Gasteiger partial charge in [-0.2, -0.15) is 0 Å². The van der Waals surface area contributed by atoms with Gasteiger partial charge in [-0.15, -0.1) is 0 Å². The third-order valence-corrected chi connectivity index (χ3v) is 5.96. The van der Waals surface area contributed by atoms with Gasteiger partial charge in [0.2, 0.25) is 0 Å². The van der Waals surface area contributed by atoms with Crippen LogP contribution in [0.15, 0.2) is 35.5 Å². The van der Waals surface area contributed by atoms with Crippen LogP contribution in [0.3, 0.4) is 0 Å². The van der Waals surface area contributed by atoms with Gasteiger partial charge in [-0.05, 0) is 71.1 Å². The quantitative estimate of drug-likeness (QED) is 0.638. The lowest BCUT2D eigenvalue weighted by atomic mass is 9.69. The number of hydrogen-bond donors (Lipinski definition) is 1. The van der Waals surface area contributed by atoms with Gasteiger partial charge < -0.3 is 5.11 Å². The van der Waals surface area contributed by atoms with Crippen molar-refractivity contribution >= 4 is 0 Å². The molecule has 0 radical (unpaired) electrons. The Morgan fingerprint density at radius 2 is 1.95 bits per heavy atom. The second-order valence-corrected chi connectivity index (χ2v) is 7.69. The van der Waals surface area contributed by atoms with E-state index in [9.17, 15) is 5.11 Å². The molecule has 1 saturated carbocycles. The Bertz CT molecular complexity index is 456. The highest BCUT2D eigenvalue weighted by molar-refractivity contribution is 5.16. The molecule has 0 amide bonds. The second kappa shape index (κ2) is 6.52. The fourth-order valence-electron chi connectivity index (χ4n) is 4.38. The minimum atomic E-state index is -0.315. The van der Waals surface area contributed by atoms with Gasteiger partial charge in [0.1, 0.15) is 0 Å². The molecule has 4 atom stereocenters. The summed E-state index contributed by atoms with van der Waals surface area (Å²) in [5.74, 6) is 1.13. The highest BCUT2D eigenvalue weighted by Crippen LogP contribution is 2.54. The zero-order chi connectivity index (χ0) is 15.6. The summed E-state index contributed by atoms with van der Waals surface area (Å²) in [5.41, 5.74) is 4.14. The number of aliphatic hydroxyl groups excluding tert-OH is 1. The summed E-state index contributed by atoms with van der Waals surface area (Å²) in [4.78, 5) is 0. The molecule has 118 valence electrons. The number of fused-ring (bicyclic) bond motifs is 1. The van der Waals surface area contributed by atoms with Crippen LogP contribution in [0, 0.1) is 17.3 Å². The van der Waals surface area contributed by atoms with E-state index < -0.39 is 0 Å². The Morgan fingerprint density at radius 3 is 2.62 bits per heavy atom. The Balaban J connectivity index is 2.35. The van der Waals surface area contributed by atoms with E-state index in [1.54, 1.807) is 0 Å². The predicted octanol–water partition coefficient (Wildman–Crippen LogP) is 5.42. The SMILES string of the molecule is C=C(C)C1CCC2(C)C(O)C=C(C)CCC=C(C)CCC12. The van der Waals surface area contributed by atoms with Gasteiger partial charge >= 0.3 is 0 Å². The van der Waals surface area contributed by atoms with Crippen LogP contribution < -0.4 is 0 Å². The molecule has 1 nitrogen and oxygen atoms in total. The van der Waals surface area contributed by atoms with Gasteiger partial charge in [0.25, 0.3) is 0 Å². The average Bonchev–Trinajstić information content (AvgIpc) is 2.73. The maximum absolute atomic E-state index is 10.9. The van der Waals surface area contributed by atoms with E-state index in [4.69, 9.17) is 0 Å². The summed E-state index contributed by atoms with van der Waals surface area (Å²) in [6.07, 6.45) is 11.0. The van der Waals surface area contributed by atoms with Crippen molar-refractivity contribution in [3.63, 3.8) is 0 Å². The van der Waals surface area contributed by atoms with Crippen molar-refractivity contribution in [1.82, 2.24) is 0 Å². The van der Waals surface area contributed by atoms with Gasteiger partial charge in [0, 0.05) is 5.41 Å². The van der Waals surface area contributed by atoms with E-state index in [-0.39, 0.29) is 11.5 Å². The molecule has 1 heteroatoms. The first-order valence-electron chi connectivity index (χ1n) is 8.51. The zero-order valence-corrected chi connectivity index (χ0v) is 14.3. The van der Waals surface area contributed by atoms with E-state index in [2.05, 4.69) is 46.4 Å². The molecule has 0 aromatic carbocycles. The van der Waals surface area contributed by atoms with Crippen LogP contribution >= 0.6 is 0 Å². The molecule has 0 aliphatic heterocycles. The standard InChI is InChI=1S/C20H32O/c1-14(2)17-11-12-20(5)18(17)10-9-15(3)7-6-8-16(4)13-19(20)21/h7,13,17-19,21H,1,6,8-12H2,2-5H3. The number of hydrogen-bond acceptors (Lipinski definition) is 1. The van der Waals surface area contributed by atoms with Gasteiger partial charge in [-0.25, -0.2) is 0 Å². The average molecular weight is 288 g/mol. The Morgan fingerprint density at radius 1 is 1.24 bits per heavy atom. The normalized spacial score (nSPS) is 38.0. The summed E-state index contributed by atoms with van der Waals surface area (Å²) >= 11 is 0. The van der Waals surface area contributed by atoms with E-state index >= 15 is 0 Å². The highest BCUT2D eigenvalue weighted by atomic mass is 16.3. The van der Waals surface area contributed by atoms with Gasteiger partial charge in [-0.1, -0.05) is 42.4 Å². The minimum absolute atomic E-state index is 0.00942. The fourth-order valence-corrected chi connectivity index (χ4v) is 4.38. The molecule has 4 unspecified atom stereocenters. The summed E-state index contributed by atoms with van der Waals surface area (Å²) in [5, 5.41) is 10.9. The van der Waals surface area contributed by atoms with Crippen molar-refractivity contribution in [2.24, 2.45) is 17.3 Å². The summed E-state index contributed by atoms with van der Waals surface area (Å²) in [6, 6.07) is 0. The van der Waals surface area contributed by atoms with Crippen molar-refractivity contribution in [1.29, 1.82) is 0 Å². The second-order valence-electron chi connectivity index (χ2n) is 7.69. The third-order valence-electron chi connectivity index (χ3n) is 5.96. The Kier molecular flexibility index (Phi) is 5.14. The third kappa shape index (κ3) is 3.51. The van der Waals surface area contributed by atoms with Crippen molar-refractivity contribution in [2.75, 3.05) is 0 Å². The summed E-state index contributed by atoms with van der Waals surface area (Å²) in [6.45, 7) is 13.1. The van der Waals surface area contributed by atoms with Crippen LogP contribution in [0.25, 0.3) is 0 Å². The van der Waals surface area contributed by atoms with Crippen LogP contribution in [-0.2, 0) is 0 Å². The van der Waals surface area contributed by atoms with Gasteiger partial charge in [-0.3, -0.25) is 0 Å². The molecule has 1 fully saturated rings. The highest BCUT2D eigenvalue weighted by Gasteiger charge is 2.48. The Hall–Kier alpha value is -0.820. The van der Waals surface area contributed by atoms with E-state index in [0.29, 0.717) is 11.8 Å². The fraction of sp³-hybridized carbons (Fsp3) is 0.700. The maximum Gasteiger partial charge on any atom is 0.0779 e. The van der Waals surface area contributed by atoms with Crippen molar-refractivity contribution in [3.8, 4) is 0 Å². The van der Waals surface area contributed by atoms with Gasteiger partial charge in [0.15, 0.2) is 0 Å². The van der Waals surface area contributed by atoms with Crippen LogP contribution in [0.5, 0.6) is 0 Å². The molecular weight excluding hydrogens is 256 g/mol. The van der Waals surface area contributed by atoms with E-state index in [0.717, 1.165) is 25.7 Å². The van der Waals surface area contributed by atoms with Crippen molar-refractivity contribution < 1.29 is 5.11 Å². The molecule has 0 aromatic rings. The van der Waals surface area contributed by atoms with Crippen LogP contribution in [0.2, 0.25) is 0 Å². The Labute approximate surface area is 130 Å². The first-order chi connectivity index (χ1) is 9.84. The number of aliphatic hydroxyl groups is 1. The van der Waals surface area contributed by atoms with Crippen LogP contribution in [-0.4, -0.2) is 11.2 Å². The molecular formula is C20H32O. The van der Waals surface area contributed by atoms with Crippen molar-refractivity contribution in [2.45, 2.75) is 72.3 Å².